The van der Waals surface area contributed by atoms with Crippen LogP contribution >= 0.6 is 22.9 Å². The molecule has 0 bridgehead atoms. The summed E-state index contributed by atoms with van der Waals surface area (Å²) in [7, 11) is 0. The zero-order chi connectivity index (χ0) is 13.1. The molecule has 94 valence electrons. The van der Waals surface area contributed by atoms with E-state index in [-0.39, 0.29) is 11.6 Å². The minimum absolute atomic E-state index is 0.284. The highest BCUT2D eigenvalue weighted by Gasteiger charge is 2.15. The topological polar surface area (TPSA) is 68.0 Å². The summed E-state index contributed by atoms with van der Waals surface area (Å²) in [6.45, 7) is 1.97. The lowest BCUT2D eigenvalue weighted by molar-refractivity contribution is 0.102. The van der Waals surface area contributed by atoms with E-state index in [0.29, 0.717) is 15.7 Å². The second kappa shape index (κ2) is 5.37. The highest BCUT2D eigenvalue weighted by atomic mass is 35.5. The van der Waals surface area contributed by atoms with Crippen LogP contribution in [-0.4, -0.2) is 10.9 Å². The van der Waals surface area contributed by atoms with Crippen LogP contribution in [0.25, 0.3) is 0 Å². The van der Waals surface area contributed by atoms with Crippen LogP contribution in [0, 0.1) is 0 Å². The molecule has 2 rings (SSSR count). The number of thiazole rings is 1. The SMILES string of the molecule is CCc1nc(C(=O)Nc2ccc(Cl)cc2)c(N)s1. The van der Waals surface area contributed by atoms with Crippen molar-refractivity contribution in [2.24, 2.45) is 0 Å². The third kappa shape index (κ3) is 2.80. The molecular formula is C12H12ClN3OS. The summed E-state index contributed by atoms with van der Waals surface area (Å²) in [6, 6.07) is 6.87. The molecule has 0 fully saturated rings. The van der Waals surface area contributed by atoms with Crippen LogP contribution in [0.3, 0.4) is 0 Å². The van der Waals surface area contributed by atoms with E-state index in [1.54, 1.807) is 24.3 Å². The van der Waals surface area contributed by atoms with Crippen molar-refractivity contribution in [1.82, 2.24) is 4.98 Å². The lowest BCUT2D eigenvalue weighted by Gasteiger charge is -2.03. The number of nitrogens with zero attached hydrogens (tertiary/aromatic N) is 1. The van der Waals surface area contributed by atoms with E-state index in [4.69, 9.17) is 17.3 Å². The average Bonchev–Trinajstić information content (AvgIpc) is 2.73. The molecule has 6 heteroatoms. The number of nitrogens with one attached hydrogen (secondary N) is 1. The Balaban J connectivity index is 2.16. The summed E-state index contributed by atoms with van der Waals surface area (Å²) in [5, 5.41) is 4.65. The first kappa shape index (κ1) is 12.9. The average molecular weight is 282 g/mol. The number of hydrogen-bond acceptors (Lipinski definition) is 4. The Morgan fingerprint density at radius 1 is 1.44 bits per heavy atom. The molecule has 1 amide bonds. The summed E-state index contributed by atoms with van der Waals surface area (Å²) in [4.78, 5) is 16.2. The molecule has 1 heterocycles. The fourth-order valence-electron chi connectivity index (χ4n) is 1.42. The number of carbonyl (C=O) groups excluding carboxylic acids is 1. The second-order valence-electron chi connectivity index (χ2n) is 3.64. The molecule has 0 saturated carbocycles. The molecule has 3 N–H and O–H groups in total. The number of carbonyl (C=O) groups is 1. The van der Waals surface area contributed by atoms with E-state index in [0.717, 1.165) is 11.4 Å². The van der Waals surface area contributed by atoms with Gasteiger partial charge in [0.25, 0.3) is 5.91 Å². The van der Waals surface area contributed by atoms with Gasteiger partial charge in [-0.3, -0.25) is 4.79 Å². The van der Waals surface area contributed by atoms with Crippen molar-refractivity contribution >= 4 is 39.5 Å². The quantitative estimate of drug-likeness (QED) is 0.908. The number of nitrogens with two attached hydrogens (primary N) is 1. The molecule has 18 heavy (non-hydrogen) atoms. The molecular weight excluding hydrogens is 270 g/mol. The fourth-order valence-corrected chi connectivity index (χ4v) is 2.31. The number of amides is 1. The van der Waals surface area contributed by atoms with Crippen LogP contribution in [0.4, 0.5) is 10.7 Å². The first-order chi connectivity index (χ1) is 8.60. The van der Waals surface area contributed by atoms with E-state index in [2.05, 4.69) is 10.3 Å². The lowest BCUT2D eigenvalue weighted by Crippen LogP contribution is -2.14. The first-order valence-electron chi connectivity index (χ1n) is 5.42. The van der Waals surface area contributed by atoms with Gasteiger partial charge in [0.2, 0.25) is 0 Å². The van der Waals surface area contributed by atoms with E-state index in [1.807, 2.05) is 6.92 Å². The number of rotatable bonds is 3. The smallest absolute Gasteiger partial charge is 0.277 e. The van der Waals surface area contributed by atoms with Crippen molar-refractivity contribution in [2.75, 3.05) is 11.1 Å². The highest BCUT2D eigenvalue weighted by Crippen LogP contribution is 2.22. The first-order valence-corrected chi connectivity index (χ1v) is 6.61. The molecule has 0 spiro atoms. The van der Waals surface area contributed by atoms with E-state index >= 15 is 0 Å². The van der Waals surface area contributed by atoms with Crippen LogP contribution in [0.1, 0.15) is 22.4 Å². The lowest BCUT2D eigenvalue weighted by atomic mass is 10.3. The monoisotopic (exact) mass is 281 g/mol. The Kier molecular flexibility index (Phi) is 3.84. The Hall–Kier alpha value is -1.59. The number of nitrogen functional groups attached to an aromatic ring is 1. The predicted octanol–water partition coefficient (Wildman–Crippen LogP) is 3.19. The number of aromatic nitrogens is 1. The fraction of sp³-hybridized carbons (Fsp3) is 0.167. The zero-order valence-corrected chi connectivity index (χ0v) is 11.3. The van der Waals surface area contributed by atoms with Crippen molar-refractivity contribution < 1.29 is 4.79 Å². The van der Waals surface area contributed by atoms with Gasteiger partial charge in [-0.1, -0.05) is 18.5 Å². The molecule has 1 aromatic heterocycles. The highest BCUT2D eigenvalue weighted by molar-refractivity contribution is 7.15. The predicted molar refractivity (Wildman–Crippen MR) is 75.3 cm³/mol. The molecule has 0 aliphatic rings. The van der Waals surface area contributed by atoms with Gasteiger partial charge < -0.3 is 11.1 Å². The van der Waals surface area contributed by atoms with Crippen molar-refractivity contribution in [1.29, 1.82) is 0 Å². The number of hydrogen-bond donors (Lipinski definition) is 2. The minimum Gasteiger partial charge on any atom is -0.389 e. The molecule has 1 aromatic carbocycles. The normalized spacial score (nSPS) is 10.3. The van der Waals surface area contributed by atoms with Gasteiger partial charge in [0.15, 0.2) is 5.69 Å². The number of anilines is 2. The molecule has 0 saturated heterocycles. The van der Waals surface area contributed by atoms with Gasteiger partial charge in [-0.05, 0) is 30.7 Å². The Morgan fingerprint density at radius 2 is 2.11 bits per heavy atom. The van der Waals surface area contributed by atoms with E-state index < -0.39 is 0 Å². The standard InChI is InChI=1S/C12H12ClN3OS/c1-2-9-16-10(11(14)18-9)12(17)15-8-5-3-7(13)4-6-8/h3-6H,2,14H2,1H3,(H,15,17). The molecule has 0 radical (unpaired) electrons. The zero-order valence-electron chi connectivity index (χ0n) is 9.74. The number of halogens is 1. The van der Waals surface area contributed by atoms with Crippen LogP contribution in [0.5, 0.6) is 0 Å². The summed E-state index contributed by atoms with van der Waals surface area (Å²) in [5.74, 6) is -0.300. The minimum atomic E-state index is -0.300. The third-order valence-electron chi connectivity index (χ3n) is 2.32. The molecule has 0 unspecified atom stereocenters. The number of aryl methyl sites for hydroxylation is 1. The van der Waals surface area contributed by atoms with Gasteiger partial charge in [0.05, 0.1) is 5.01 Å². The number of benzene rings is 1. The Morgan fingerprint density at radius 3 is 2.67 bits per heavy atom. The van der Waals surface area contributed by atoms with Crippen molar-refractivity contribution in [3.05, 3.63) is 40.0 Å². The van der Waals surface area contributed by atoms with Gasteiger partial charge in [-0.15, -0.1) is 11.3 Å². The summed E-state index contributed by atoms with van der Waals surface area (Å²) in [6.07, 6.45) is 0.767. The third-order valence-corrected chi connectivity index (χ3v) is 3.60. The van der Waals surface area contributed by atoms with Gasteiger partial charge in [0.1, 0.15) is 5.00 Å². The van der Waals surface area contributed by atoms with E-state index in [1.165, 1.54) is 11.3 Å². The van der Waals surface area contributed by atoms with Crippen molar-refractivity contribution in [3.63, 3.8) is 0 Å². The Bertz CT molecular complexity index is 565. The van der Waals surface area contributed by atoms with Gasteiger partial charge >= 0.3 is 0 Å². The maximum Gasteiger partial charge on any atom is 0.277 e. The van der Waals surface area contributed by atoms with Crippen molar-refractivity contribution in [3.8, 4) is 0 Å². The molecule has 2 aromatic rings. The summed E-state index contributed by atoms with van der Waals surface area (Å²) in [5.41, 5.74) is 6.72. The molecule has 0 atom stereocenters. The van der Waals surface area contributed by atoms with Gasteiger partial charge in [-0.25, -0.2) is 4.98 Å². The van der Waals surface area contributed by atoms with Crippen LogP contribution in [-0.2, 0) is 6.42 Å². The van der Waals surface area contributed by atoms with Gasteiger partial charge in [-0.2, -0.15) is 0 Å². The van der Waals surface area contributed by atoms with Crippen LogP contribution < -0.4 is 11.1 Å². The molecule has 0 aliphatic carbocycles. The van der Waals surface area contributed by atoms with Gasteiger partial charge in [0, 0.05) is 10.7 Å². The maximum absolute atomic E-state index is 12.0. The maximum atomic E-state index is 12.0. The largest absolute Gasteiger partial charge is 0.389 e. The Labute approximate surface area is 114 Å². The molecule has 0 aliphatic heterocycles. The summed E-state index contributed by atoms with van der Waals surface area (Å²) >= 11 is 7.11. The second-order valence-corrected chi connectivity index (χ2v) is 5.19. The van der Waals surface area contributed by atoms with E-state index in [9.17, 15) is 4.79 Å². The van der Waals surface area contributed by atoms with Crippen LogP contribution in [0.2, 0.25) is 5.02 Å². The summed E-state index contributed by atoms with van der Waals surface area (Å²) < 4.78 is 0. The molecule has 4 nitrogen and oxygen atoms in total. The van der Waals surface area contributed by atoms with Crippen LogP contribution in [0.15, 0.2) is 24.3 Å². The van der Waals surface area contributed by atoms with Crippen molar-refractivity contribution in [2.45, 2.75) is 13.3 Å².